The summed E-state index contributed by atoms with van der Waals surface area (Å²) in [6, 6.07) is 11.3. The van der Waals surface area contributed by atoms with Crippen LogP contribution in [-0.2, 0) is 9.84 Å². The van der Waals surface area contributed by atoms with Crippen LogP contribution in [0.1, 0.15) is 5.56 Å². The van der Waals surface area contributed by atoms with E-state index in [0.717, 1.165) is 5.56 Å². The Labute approximate surface area is 118 Å². The van der Waals surface area contributed by atoms with Crippen molar-refractivity contribution in [3.8, 4) is 11.5 Å². The molecule has 0 aromatic heterocycles. The number of hydrogen-bond donors (Lipinski definition) is 0. The molecule has 2 aromatic rings. The van der Waals surface area contributed by atoms with Crippen molar-refractivity contribution in [2.24, 2.45) is 0 Å². The third-order valence-corrected chi connectivity index (χ3v) is 4.76. The monoisotopic (exact) mass is 292 g/mol. The highest BCUT2D eigenvalue weighted by Gasteiger charge is 2.19. The molecular weight excluding hydrogens is 276 g/mol. The van der Waals surface area contributed by atoms with Gasteiger partial charge in [-0.3, -0.25) is 0 Å². The Kier molecular flexibility index (Phi) is 3.99. The van der Waals surface area contributed by atoms with Gasteiger partial charge in [-0.15, -0.1) is 0 Å². The molecule has 0 atom stereocenters. The Hall–Kier alpha value is -2.01. The summed E-state index contributed by atoms with van der Waals surface area (Å²) in [5.41, 5.74) is 1.01. The molecule has 0 heterocycles. The molecule has 20 heavy (non-hydrogen) atoms. The lowest BCUT2D eigenvalue weighted by Gasteiger charge is -2.10. The molecule has 0 N–H and O–H groups in total. The highest BCUT2D eigenvalue weighted by molar-refractivity contribution is 7.91. The average Bonchev–Trinajstić information content (AvgIpc) is 2.46. The first kappa shape index (κ1) is 14.4. The Balaban J connectivity index is 2.52. The van der Waals surface area contributed by atoms with Crippen molar-refractivity contribution in [2.45, 2.75) is 16.7 Å². The van der Waals surface area contributed by atoms with Crippen molar-refractivity contribution in [2.75, 3.05) is 14.2 Å². The zero-order valence-electron chi connectivity index (χ0n) is 11.6. The molecule has 2 aromatic carbocycles. The molecule has 0 fully saturated rings. The van der Waals surface area contributed by atoms with Gasteiger partial charge in [0.05, 0.1) is 24.0 Å². The molecule has 0 saturated heterocycles. The van der Waals surface area contributed by atoms with Crippen molar-refractivity contribution < 1.29 is 17.9 Å². The van der Waals surface area contributed by atoms with Gasteiger partial charge in [-0.05, 0) is 31.2 Å². The summed E-state index contributed by atoms with van der Waals surface area (Å²) in [7, 11) is -0.571. The maximum atomic E-state index is 12.5. The van der Waals surface area contributed by atoms with Crippen molar-refractivity contribution in [3.63, 3.8) is 0 Å². The fraction of sp³-hybridized carbons (Fsp3) is 0.200. The second kappa shape index (κ2) is 5.54. The number of rotatable bonds is 4. The van der Waals surface area contributed by atoms with Gasteiger partial charge in [-0.2, -0.15) is 0 Å². The van der Waals surface area contributed by atoms with E-state index in [0.29, 0.717) is 11.5 Å². The molecule has 0 saturated carbocycles. The predicted molar refractivity (Wildman–Crippen MR) is 76.2 cm³/mol. The Morgan fingerprint density at radius 1 is 0.800 bits per heavy atom. The zero-order chi connectivity index (χ0) is 14.8. The van der Waals surface area contributed by atoms with Gasteiger partial charge < -0.3 is 9.47 Å². The van der Waals surface area contributed by atoms with Crippen LogP contribution in [-0.4, -0.2) is 22.6 Å². The minimum absolute atomic E-state index is 0.180. The van der Waals surface area contributed by atoms with E-state index in [2.05, 4.69) is 0 Å². The maximum absolute atomic E-state index is 12.5. The highest BCUT2D eigenvalue weighted by atomic mass is 32.2. The molecule has 0 aliphatic carbocycles. The summed E-state index contributed by atoms with van der Waals surface area (Å²) < 4.78 is 35.3. The van der Waals surface area contributed by atoms with Crippen LogP contribution in [0.25, 0.3) is 0 Å². The molecule has 0 unspecified atom stereocenters. The van der Waals surface area contributed by atoms with Gasteiger partial charge in [0.25, 0.3) is 0 Å². The second-order valence-electron chi connectivity index (χ2n) is 4.33. The van der Waals surface area contributed by atoms with E-state index in [1.165, 1.54) is 26.4 Å². The lowest BCUT2D eigenvalue weighted by atomic mass is 10.2. The van der Waals surface area contributed by atoms with Crippen LogP contribution in [0, 0.1) is 6.92 Å². The molecule has 0 aliphatic heterocycles. The van der Waals surface area contributed by atoms with E-state index in [1.807, 2.05) is 6.92 Å². The van der Waals surface area contributed by atoms with E-state index in [1.54, 1.807) is 30.3 Å². The summed E-state index contributed by atoms with van der Waals surface area (Å²) in [6.07, 6.45) is 0. The Bertz CT molecular complexity index is 703. The van der Waals surface area contributed by atoms with Gasteiger partial charge in [0.15, 0.2) is 11.5 Å². The molecular formula is C15H16O4S. The fourth-order valence-electron chi connectivity index (χ4n) is 1.84. The first-order valence-electron chi connectivity index (χ1n) is 6.03. The van der Waals surface area contributed by atoms with Crippen LogP contribution >= 0.6 is 0 Å². The lowest BCUT2D eigenvalue weighted by molar-refractivity contribution is 0.354. The summed E-state index contributed by atoms with van der Waals surface area (Å²) in [6.45, 7) is 1.91. The Morgan fingerprint density at radius 2 is 1.35 bits per heavy atom. The van der Waals surface area contributed by atoms with Crippen LogP contribution in [0.15, 0.2) is 52.3 Å². The smallest absolute Gasteiger partial charge is 0.206 e. The molecule has 0 bridgehead atoms. The number of sulfone groups is 1. The molecule has 0 aliphatic rings. The van der Waals surface area contributed by atoms with E-state index >= 15 is 0 Å². The van der Waals surface area contributed by atoms with Crippen LogP contribution < -0.4 is 9.47 Å². The summed E-state index contributed by atoms with van der Waals surface area (Å²) in [4.78, 5) is 0.439. The van der Waals surface area contributed by atoms with E-state index < -0.39 is 9.84 Å². The van der Waals surface area contributed by atoms with Gasteiger partial charge >= 0.3 is 0 Å². The van der Waals surface area contributed by atoms with Crippen LogP contribution in [0.4, 0.5) is 0 Å². The molecule has 2 rings (SSSR count). The number of aryl methyl sites for hydroxylation is 1. The topological polar surface area (TPSA) is 52.6 Å². The van der Waals surface area contributed by atoms with Crippen molar-refractivity contribution in [1.82, 2.24) is 0 Å². The number of benzene rings is 2. The normalized spacial score (nSPS) is 11.2. The molecule has 0 amide bonds. The third-order valence-electron chi connectivity index (χ3n) is 3.00. The van der Waals surface area contributed by atoms with E-state index in [4.69, 9.17) is 9.47 Å². The second-order valence-corrected chi connectivity index (χ2v) is 6.28. The van der Waals surface area contributed by atoms with E-state index in [-0.39, 0.29) is 9.79 Å². The third kappa shape index (κ3) is 2.63. The van der Waals surface area contributed by atoms with Gasteiger partial charge in [0, 0.05) is 6.07 Å². The van der Waals surface area contributed by atoms with Crippen molar-refractivity contribution in [3.05, 3.63) is 48.0 Å². The number of hydrogen-bond acceptors (Lipinski definition) is 4. The average molecular weight is 292 g/mol. The molecule has 106 valence electrons. The predicted octanol–water partition coefficient (Wildman–Crippen LogP) is 2.85. The summed E-state index contributed by atoms with van der Waals surface area (Å²) >= 11 is 0. The fourth-order valence-corrected chi connectivity index (χ4v) is 3.11. The first-order chi connectivity index (χ1) is 9.48. The van der Waals surface area contributed by atoms with Crippen molar-refractivity contribution in [1.29, 1.82) is 0 Å². The first-order valence-corrected chi connectivity index (χ1v) is 7.51. The highest BCUT2D eigenvalue weighted by Crippen LogP contribution is 2.31. The van der Waals surface area contributed by atoms with Gasteiger partial charge in [-0.1, -0.05) is 17.7 Å². The Morgan fingerprint density at radius 3 is 1.90 bits per heavy atom. The number of methoxy groups -OCH3 is 2. The molecule has 5 heteroatoms. The molecule has 0 spiro atoms. The van der Waals surface area contributed by atoms with E-state index in [9.17, 15) is 8.42 Å². The minimum Gasteiger partial charge on any atom is -0.493 e. The van der Waals surface area contributed by atoms with Crippen LogP contribution in [0.5, 0.6) is 11.5 Å². The molecule has 4 nitrogen and oxygen atoms in total. The maximum Gasteiger partial charge on any atom is 0.206 e. The lowest BCUT2D eigenvalue weighted by Crippen LogP contribution is -2.03. The number of ether oxygens (including phenoxy) is 2. The van der Waals surface area contributed by atoms with Crippen LogP contribution in [0.3, 0.4) is 0 Å². The van der Waals surface area contributed by atoms with Gasteiger partial charge in [0.1, 0.15) is 0 Å². The largest absolute Gasteiger partial charge is 0.493 e. The van der Waals surface area contributed by atoms with Gasteiger partial charge in [0.2, 0.25) is 9.84 Å². The van der Waals surface area contributed by atoms with Crippen molar-refractivity contribution >= 4 is 9.84 Å². The van der Waals surface area contributed by atoms with Crippen LogP contribution in [0.2, 0.25) is 0 Å². The molecule has 0 radical (unpaired) electrons. The summed E-state index contributed by atoms with van der Waals surface area (Å²) in [5.74, 6) is 0.885. The van der Waals surface area contributed by atoms with Gasteiger partial charge in [-0.25, -0.2) is 8.42 Å². The summed E-state index contributed by atoms with van der Waals surface area (Å²) in [5, 5.41) is 0. The standard InChI is InChI=1S/C15H16O4S/c1-11-4-6-12(7-5-11)20(16,17)13-8-9-14(18-2)15(10-13)19-3/h4-10H,1-3H3. The zero-order valence-corrected chi connectivity index (χ0v) is 12.4. The quantitative estimate of drug-likeness (QED) is 0.869. The minimum atomic E-state index is -3.55. The SMILES string of the molecule is COc1ccc(S(=O)(=O)c2ccc(C)cc2)cc1OC.